The van der Waals surface area contributed by atoms with Gasteiger partial charge in [-0.15, -0.1) is 0 Å². The number of hydrogen-bond donors (Lipinski definition) is 1. The second-order valence-electron chi connectivity index (χ2n) is 3.94. The van der Waals surface area contributed by atoms with Crippen LogP contribution in [0.25, 0.3) is 0 Å². The number of Topliss-reactive ketones (excluding diaryl/α,β-unsaturated/α-hetero) is 1. The highest BCUT2D eigenvalue weighted by Crippen LogP contribution is 2.19. The number of nitrogen functional groups attached to an aromatic ring is 1. The number of rotatable bonds is 5. The minimum atomic E-state index is -0.734. The predicted molar refractivity (Wildman–Crippen MR) is 63.1 cm³/mol. The first-order chi connectivity index (χ1) is 7.53. The number of carbonyl (C=O) groups excluding carboxylic acids is 1. The second kappa shape index (κ2) is 5.07. The normalized spacial score (nSPS) is 14.4. The molecule has 16 heavy (non-hydrogen) atoms. The van der Waals surface area contributed by atoms with Crippen molar-refractivity contribution >= 4 is 11.6 Å². The Balaban J connectivity index is 2.83. The van der Waals surface area contributed by atoms with Crippen molar-refractivity contribution < 1.29 is 9.53 Å². The SMILES string of the molecule is CCC(C)(OC)C(=O)Cc1cccnc1N. The van der Waals surface area contributed by atoms with Crippen molar-refractivity contribution in [1.82, 2.24) is 4.98 Å². The Morgan fingerprint density at radius 1 is 1.62 bits per heavy atom. The topological polar surface area (TPSA) is 65.2 Å². The molecule has 1 heterocycles. The van der Waals surface area contributed by atoms with Crippen molar-refractivity contribution in [3.05, 3.63) is 23.9 Å². The van der Waals surface area contributed by atoms with E-state index in [0.29, 0.717) is 12.2 Å². The fourth-order valence-electron chi connectivity index (χ4n) is 1.42. The van der Waals surface area contributed by atoms with Crippen LogP contribution in [0.2, 0.25) is 0 Å². The lowest BCUT2D eigenvalue weighted by Crippen LogP contribution is -2.38. The van der Waals surface area contributed by atoms with Crippen molar-refractivity contribution in [3.63, 3.8) is 0 Å². The van der Waals surface area contributed by atoms with E-state index in [1.165, 1.54) is 0 Å². The highest BCUT2D eigenvalue weighted by Gasteiger charge is 2.30. The smallest absolute Gasteiger partial charge is 0.168 e. The largest absolute Gasteiger partial charge is 0.383 e. The fourth-order valence-corrected chi connectivity index (χ4v) is 1.42. The number of aromatic nitrogens is 1. The zero-order valence-corrected chi connectivity index (χ0v) is 9.99. The Labute approximate surface area is 95.8 Å². The van der Waals surface area contributed by atoms with Gasteiger partial charge >= 0.3 is 0 Å². The van der Waals surface area contributed by atoms with Crippen LogP contribution >= 0.6 is 0 Å². The molecule has 0 amide bonds. The average molecular weight is 222 g/mol. The molecule has 0 bridgehead atoms. The van der Waals surface area contributed by atoms with Crippen LogP contribution in [0.15, 0.2) is 18.3 Å². The summed E-state index contributed by atoms with van der Waals surface area (Å²) in [4.78, 5) is 16.0. The maximum Gasteiger partial charge on any atom is 0.168 e. The van der Waals surface area contributed by atoms with E-state index in [0.717, 1.165) is 5.56 Å². The maximum atomic E-state index is 12.0. The molecule has 0 aliphatic rings. The van der Waals surface area contributed by atoms with Crippen molar-refractivity contribution in [1.29, 1.82) is 0 Å². The molecule has 0 fully saturated rings. The van der Waals surface area contributed by atoms with Crippen molar-refractivity contribution in [2.45, 2.75) is 32.3 Å². The first-order valence-electron chi connectivity index (χ1n) is 5.31. The minimum absolute atomic E-state index is 0.0252. The van der Waals surface area contributed by atoms with E-state index < -0.39 is 5.60 Å². The average Bonchev–Trinajstić information content (AvgIpc) is 2.31. The molecule has 0 spiro atoms. The van der Waals surface area contributed by atoms with Gasteiger partial charge in [-0.1, -0.05) is 13.0 Å². The third-order valence-corrected chi connectivity index (χ3v) is 2.99. The van der Waals surface area contributed by atoms with E-state index in [9.17, 15) is 4.79 Å². The van der Waals surface area contributed by atoms with Crippen LogP contribution in [0.3, 0.4) is 0 Å². The van der Waals surface area contributed by atoms with Gasteiger partial charge in [0.25, 0.3) is 0 Å². The Morgan fingerprint density at radius 2 is 2.31 bits per heavy atom. The number of anilines is 1. The van der Waals surface area contributed by atoms with Crippen molar-refractivity contribution in [2.24, 2.45) is 0 Å². The highest BCUT2D eigenvalue weighted by atomic mass is 16.5. The molecule has 0 aliphatic heterocycles. The van der Waals surface area contributed by atoms with Crippen LogP contribution in [0.4, 0.5) is 5.82 Å². The van der Waals surface area contributed by atoms with Crippen molar-refractivity contribution in [2.75, 3.05) is 12.8 Å². The van der Waals surface area contributed by atoms with Gasteiger partial charge in [0.05, 0.1) is 0 Å². The van der Waals surface area contributed by atoms with Gasteiger partial charge < -0.3 is 10.5 Å². The third kappa shape index (κ3) is 2.58. The fraction of sp³-hybridized carbons (Fsp3) is 0.500. The van der Waals surface area contributed by atoms with E-state index in [4.69, 9.17) is 10.5 Å². The molecule has 88 valence electrons. The molecule has 0 saturated heterocycles. The third-order valence-electron chi connectivity index (χ3n) is 2.99. The Morgan fingerprint density at radius 3 is 2.81 bits per heavy atom. The first kappa shape index (κ1) is 12.6. The molecule has 0 aromatic carbocycles. The molecule has 4 heteroatoms. The number of ketones is 1. The highest BCUT2D eigenvalue weighted by molar-refractivity contribution is 5.89. The van der Waals surface area contributed by atoms with Gasteiger partial charge in [-0.05, 0) is 19.4 Å². The number of nitrogens with two attached hydrogens (primary N) is 1. The number of pyridine rings is 1. The van der Waals surface area contributed by atoms with Gasteiger partial charge in [0.2, 0.25) is 0 Å². The Bertz CT molecular complexity index is 373. The van der Waals surface area contributed by atoms with Crippen LogP contribution in [0.1, 0.15) is 25.8 Å². The summed E-state index contributed by atoms with van der Waals surface area (Å²) in [7, 11) is 1.55. The first-order valence-corrected chi connectivity index (χ1v) is 5.31. The standard InChI is InChI=1S/C12H18N2O2/c1-4-12(2,16-3)10(15)8-9-6-5-7-14-11(9)13/h5-7H,4,8H2,1-3H3,(H2,13,14). The zero-order chi connectivity index (χ0) is 12.2. The summed E-state index contributed by atoms with van der Waals surface area (Å²) in [6.07, 6.45) is 2.51. The molecule has 4 nitrogen and oxygen atoms in total. The van der Waals surface area contributed by atoms with Crippen LogP contribution in [0, 0.1) is 0 Å². The van der Waals surface area contributed by atoms with Crippen LogP contribution in [0.5, 0.6) is 0 Å². The maximum absolute atomic E-state index is 12.0. The van der Waals surface area contributed by atoms with E-state index in [-0.39, 0.29) is 12.2 Å². The molecule has 0 radical (unpaired) electrons. The molecule has 0 saturated carbocycles. The van der Waals surface area contributed by atoms with E-state index >= 15 is 0 Å². The molecular weight excluding hydrogens is 204 g/mol. The molecule has 1 aromatic rings. The summed E-state index contributed by atoms with van der Waals surface area (Å²) in [6.45, 7) is 3.72. The van der Waals surface area contributed by atoms with Crippen LogP contribution in [-0.4, -0.2) is 23.5 Å². The Hall–Kier alpha value is -1.42. The van der Waals surface area contributed by atoms with Crippen LogP contribution in [-0.2, 0) is 16.0 Å². The quantitative estimate of drug-likeness (QED) is 0.821. The lowest BCUT2D eigenvalue weighted by atomic mass is 9.93. The lowest BCUT2D eigenvalue weighted by molar-refractivity contribution is -0.138. The van der Waals surface area contributed by atoms with Gasteiger partial charge in [0, 0.05) is 25.3 Å². The number of nitrogens with zero attached hydrogens (tertiary/aromatic N) is 1. The van der Waals surface area contributed by atoms with Crippen molar-refractivity contribution in [3.8, 4) is 0 Å². The molecule has 1 aromatic heterocycles. The van der Waals surface area contributed by atoms with Gasteiger partial charge in [-0.2, -0.15) is 0 Å². The van der Waals surface area contributed by atoms with E-state index in [1.54, 1.807) is 26.3 Å². The van der Waals surface area contributed by atoms with Gasteiger partial charge in [-0.3, -0.25) is 4.79 Å². The molecule has 1 unspecified atom stereocenters. The second-order valence-corrected chi connectivity index (χ2v) is 3.94. The summed E-state index contributed by atoms with van der Waals surface area (Å²) < 4.78 is 5.25. The number of carbonyl (C=O) groups is 1. The Kier molecular flexibility index (Phi) is 4.01. The minimum Gasteiger partial charge on any atom is -0.383 e. The summed E-state index contributed by atoms with van der Waals surface area (Å²) in [5.74, 6) is 0.433. The van der Waals surface area contributed by atoms with Gasteiger partial charge in [0.15, 0.2) is 5.78 Å². The number of methoxy groups -OCH3 is 1. The molecular formula is C12H18N2O2. The predicted octanol–water partition coefficient (Wildman–Crippen LogP) is 1.59. The van der Waals surface area contributed by atoms with Crippen LogP contribution < -0.4 is 5.73 Å². The van der Waals surface area contributed by atoms with E-state index in [1.807, 2.05) is 13.0 Å². The summed E-state index contributed by atoms with van der Waals surface area (Å²) in [5.41, 5.74) is 5.71. The lowest BCUT2D eigenvalue weighted by Gasteiger charge is -2.25. The van der Waals surface area contributed by atoms with E-state index in [2.05, 4.69) is 4.98 Å². The summed E-state index contributed by atoms with van der Waals surface area (Å²) >= 11 is 0. The zero-order valence-electron chi connectivity index (χ0n) is 9.99. The molecule has 1 rings (SSSR count). The molecule has 2 N–H and O–H groups in total. The summed E-state index contributed by atoms with van der Waals surface area (Å²) in [5, 5.41) is 0. The number of ether oxygens (including phenoxy) is 1. The van der Waals surface area contributed by atoms with Gasteiger partial charge in [-0.25, -0.2) is 4.98 Å². The monoisotopic (exact) mass is 222 g/mol. The van der Waals surface area contributed by atoms with Gasteiger partial charge in [0.1, 0.15) is 11.4 Å². The summed E-state index contributed by atoms with van der Waals surface area (Å²) in [6, 6.07) is 3.58. The molecule has 1 atom stereocenters. The molecule has 0 aliphatic carbocycles. The number of hydrogen-bond acceptors (Lipinski definition) is 4.